The first-order valence-electron chi connectivity index (χ1n) is 5.13. The topological polar surface area (TPSA) is 48.9 Å². The summed E-state index contributed by atoms with van der Waals surface area (Å²) in [5, 5.41) is 8.90. The molecule has 0 fully saturated rings. The van der Waals surface area contributed by atoms with Gasteiger partial charge in [-0.25, -0.2) is 4.98 Å². The summed E-state index contributed by atoms with van der Waals surface area (Å²) in [6, 6.07) is 7.98. The quantitative estimate of drug-likeness (QED) is 0.908. The number of aryl methyl sites for hydroxylation is 1. The average Bonchev–Trinajstić information content (AvgIpc) is 2.62. The Morgan fingerprint density at radius 1 is 1.31 bits per heavy atom. The first kappa shape index (κ1) is 11.4. The Hall–Kier alpha value is -1.13. The lowest BCUT2D eigenvalue weighted by Gasteiger charge is -1.96. The standard InChI is InChI=1S/C12H13BrN2O/c1-8-11(6-7-16)15-12(14-8)9-2-4-10(13)5-3-9/h2-5,16H,6-7H2,1H3,(H,14,15). The van der Waals surface area contributed by atoms with Gasteiger partial charge in [-0.1, -0.05) is 28.1 Å². The molecule has 0 amide bonds. The molecule has 84 valence electrons. The largest absolute Gasteiger partial charge is 0.396 e. The van der Waals surface area contributed by atoms with Crippen molar-refractivity contribution in [2.75, 3.05) is 6.61 Å². The molecule has 2 rings (SSSR count). The van der Waals surface area contributed by atoms with Gasteiger partial charge in [-0.05, 0) is 19.1 Å². The van der Waals surface area contributed by atoms with Crippen LogP contribution in [0, 0.1) is 6.92 Å². The van der Waals surface area contributed by atoms with Gasteiger partial charge in [-0.2, -0.15) is 0 Å². The summed E-state index contributed by atoms with van der Waals surface area (Å²) in [6.45, 7) is 2.10. The SMILES string of the molecule is Cc1[nH]c(-c2ccc(Br)cc2)nc1CCO. The monoisotopic (exact) mass is 280 g/mol. The Morgan fingerprint density at radius 3 is 2.62 bits per heavy atom. The van der Waals surface area contributed by atoms with Crippen molar-refractivity contribution in [3.63, 3.8) is 0 Å². The van der Waals surface area contributed by atoms with Crippen molar-refractivity contribution in [2.24, 2.45) is 0 Å². The number of imidazole rings is 1. The van der Waals surface area contributed by atoms with E-state index in [4.69, 9.17) is 5.11 Å². The van der Waals surface area contributed by atoms with E-state index < -0.39 is 0 Å². The van der Waals surface area contributed by atoms with Crippen LogP contribution in [0.4, 0.5) is 0 Å². The molecular formula is C12H13BrN2O. The van der Waals surface area contributed by atoms with Crippen LogP contribution in [0.15, 0.2) is 28.7 Å². The lowest BCUT2D eigenvalue weighted by Crippen LogP contribution is -1.92. The molecule has 0 aliphatic rings. The zero-order chi connectivity index (χ0) is 11.5. The molecule has 2 aromatic rings. The number of halogens is 1. The molecule has 1 heterocycles. The van der Waals surface area contributed by atoms with Crippen molar-refractivity contribution in [2.45, 2.75) is 13.3 Å². The highest BCUT2D eigenvalue weighted by molar-refractivity contribution is 9.10. The first-order valence-corrected chi connectivity index (χ1v) is 5.92. The Morgan fingerprint density at radius 2 is 2.00 bits per heavy atom. The predicted molar refractivity (Wildman–Crippen MR) is 67.3 cm³/mol. The Balaban J connectivity index is 2.33. The van der Waals surface area contributed by atoms with Gasteiger partial charge in [0, 0.05) is 28.8 Å². The summed E-state index contributed by atoms with van der Waals surface area (Å²) < 4.78 is 1.05. The maximum absolute atomic E-state index is 8.90. The van der Waals surface area contributed by atoms with E-state index in [2.05, 4.69) is 25.9 Å². The number of aromatic nitrogens is 2. The van der Waals surface area contributed by atoms with Crippen LogP contribution >= 0.6 is 15.9 Å². The van der Waals surface area contributed by atoms with Crippen LogP contribution in [-0.2, 0) is 6.42 Å². The Bertz CT molecular complexity index is 476. The van der Waals surface area contributed by atoms with E-state index in [9.17, 15) is 0 Å². The van der Waals surface area contributed by atoms with E-state index in [1.54, 1.807) is 0 Å². The zero-order valence-electron chi connectivity index (χ0n) is 9.00. The molecule has 4 heteroatoms. The minimum Gasteiger partial charge on any atom is -0.396 e. The van der Waals surface area contributed by atoms with E-state index in [1.807, 2.05) is 31.2 Å². The second kappa shape index (κ2) is 4.80. The third-order valence-electron chi connectivity index (χ3n) is 2.45. The van der Waals surface area contributed by atoms with Crippen LogP contribution in [0.5, 0.6) is 0 Å². The van der Waals surface area contributed by atoms with Gasteiger partial charge in [-0.3, -0.25) is 0 Å². The summed E-state index contributed by atoms with van der Waals surface area (Å²) in [5.41, 5.74) is 3.00. The summed E-state index contributed by atoms with van der Waals surface area (Å²) in [5.74, 6) is 0.855. The molecule has 0 bridgehead atoms. The predicted octanol–water partition coefficient (Wildman–Crippen LogP) is 2.68. The average molecular weight is 281 g/mol. The van der Waals surface area contributed by atoms with E-state index >= 15 is 0 Å². The smallest absolute Gasteiger partial charge is 0.137 e. The highest BCUT2D eigenvalue weighted by Gasteiger charge is 2.07. The summed E-state index contributed by atoms with van der Waals surface area (Å²) >= 11 is 3.40. The van der Waals surface area contributed by atoms with Gasteiger partial charge in [0.15, 0.2) is 0 Å². The van der Waals surface area contributed by atoms with Crippen molar-refractivity contribution in [3.05, 3.63) is 40.1 Å². The second-order valence-corrected chi connectivity index (χ2v) is 4.55. The number of H-pyrrole nitrogens is 1. The highest BCUT2D eigenvalue weighted by Crippen LogP contribution is 2.20. The Kier molecular flexibility index (Phi) is 3.41. The van der Waals surface area contributed by atoms with Crippen molar-refractivity contribution in [3.8, 4) is 11.4 Å². The molecule has 0 spiro atoms. The number of nitrogens with zero attached hydrogens (tertiary/aromatic N) is 1. The van der Waals surface area contributed by atoms with Crippen molar-refractivity contribution >= 4 is 15.9 Å². The third-order valence-corrected chi connectivity index (χ3v) is 2.98. The van der Waals surface area contributed by atoms with Gasteiger partial charge in [0.2, 0.25) is 0 Å². The summed E-state index contributed by atoms with van der Waals surface area (Å²) in [6.07, 6.45) is 0.596. The normalized spacial score (nSPS) is 10.7. The molecule has 0 aliphatic carbocycles. The van der Waals surface area contributed by atoms with E-state index in [-0.39, 0.29) is 6.61 Å². The molecule has 2 N–H and O–H groups in total. The van der Waals surface area contributed by atoms with Gasteiger partial charge >= 0.3 is 0 Å². The third kappa shape index (κ3) is 2.33. The number of benzene rings is 1. The van der Waals surface area contributed by atoms with Crippen molar-refractivity contribution in [1.82, 2.24) is 9.97 Å². The van der Waals surface area contributed by atoms with Crippen LogP contribution in [0.2, 0.25) is 0 Å². The number of hydrogen-bond donors (Lipinski definition) is 2. The molecule has 1 aromatic heterocycles. The fourth-order valence-electron chi connectivity index (χ4n) is 1.59. The summed E-state index contributed by atoms with van der Waals surface area (Å²) in [7, 11) is 0. The van der Waals surface area contributed by atoms with E-state index in [0.29, 0.717) is 6.42 Å². The molecule has 0 aliphatic heterocycles. The van der Waals surface area contributed by atoms with Gasteiger partial charge in [0.1, 0.15) is 5.82 Å². The number of hydrogen-bond acceptors (Lipinski definition) is 2. The van der Waals surface area contributed by atoms with Crippen molar-refractivity contribution in [1.29, 1.82) is 0 Å². The molecule has 0 radical (unpaired) electrons. The fourth-order valence-corrected chi connectivity index (χ4v) is 1.85. The maximum atomic E-state index is 8.90. The van der Waals surface area contributed by atoms with Gasteiger partial charge in [0.25, 0.3) is 0 Å². The van der Waals surface area contributed by atoms with Crippen LogP contribution in [0.1, 0.15) is 11.4 Å². The number of rotatable bonds is 3. The maximum Gasteiger partial charge on any atom is 0.137 e. The zero-order valence-corrected chi connectivity index (χ0v) is 10.6. The van der Waals surface area contributed by atoms with Crippen LogP contribution < -0.4 is 0 Å². The van der Waals surface area contributed by atoms with Gasteiger partial charge in [-0.15, -0.1) is 0 Å². The first-order chi connectivity index (χ1) is 7.70. The minimum absolute atomic E-state index is 0.130. The molecule has 3 nitrogen and oxygen atoms in total. The van der Waals surface area contributed by atoms with E-state index in [0.717, 1.165) is 27.2 Å². The molecule has 1 aromatic carbocycles. The number of aromatic amines is 1. The fraction of sp³-hybridized carbons (Fsp3) is 0.250. The second-order valence-electron chi connectivity index (χ2n) is 3.64. The molecular weight excluding hydrogens is 268 g/mol. The molecule has 0 saturated carbocycles. The van der Waals surface area contributed by atoms with Crippen molar-refractivity contribution < 1.29 is 5.11 Å². The molecule has 16 heavy (non-hydrogen) atoms. The van der Waals surface area contributed by atoms with E-state index in [1.165, 1.54) is 0 Å². The molecule has 0 unspecified atom stereocenters. The lowest BCUT2D eigenvalue weighted by molar-refractivity contribution is 0.298. The van der Waals surface area contributed by atoms with Crippen LogP contribution in [0.25, 0.3) is 11.4 Å². The lowest BCUT2D eigenvalue weighted by atomic mass is 10.2. The van der Waals surface area contributed by atoms with Gasteiger partial charge in [0.05, 0.1) is 5.69 Å². The minimum atomic E-state index is 0.130. The number of nitrogens with one attached hydrogen (secondary N) is 1. The summed E-state index contributed by atoms with van der Waals surface area (Å²) in [4.78, 5) is 7.70. The highest BCUT2D eigenvalue weighted by atomic mass is 79.9. The van der Waals surface area contributed by atoms with Gasteiger partial charge < -0.3 is 10.1 Å². The van der Waals surface area contributed by atoms with Crippen LogP contribution in [-0.4, -0.2) is 21.7 Å². The number of aliphatic hydroxyl groups is 1. The Labute approximate surface area is 103 Å². The van der Waals surface area contributed by atoms with Crippen LogP contribution in [0.3, 0.4) is 0 Å². The molecule has 0 atom stereocenters. The molecule has 0 saturated heterocycles. The number of aliphatic hydroxyl groups excluding tert-OH is 1.